The molecule has 5 nitrogen and oxygen atoms in total. The van der Waals surface area contributed by atoms with E-state index < -0.39 is 10.0 Å². The van der Waals surface area contributed by atoms with Gasteiger partial charge in [-0.3, -0.25) is 0 Å². The van der Waals surface area contributed by atoms with Crippen molar-refractivity contribution in [1.82, 2.24) is 14.2 Å². The topological polar surface area (TPSA) is 54.3 Å². The molecule has 21 heavy (non-hydrogen) atoms. The minimum Gasteiger partial charge on any atom is -0.349 e. The third-order valence-corrected chi connectivity index (χ3v) is 5.52. The van der Waals surface area contributed by atoms with E-state index in [4.69, 9.17) is 0 Å². The van der Waals surface area contributed by atoms with Crippen LogP contribution < -0.4 is 5.32 Å². The molecule has 0 fully saturated rings. The fourth-order valence-electron chi connectivity index (χ4n) is 2.49. The van der Waals surface area contributed by atoms with Crippen LogP contribution in [0, 0.1) is 0 Å². The highest BCUT2D eigenvalue weighted by Crippen LogP contribution is 2.21. The van der Waals surface area contributed by atoms with Crippen LogP contribution in [0.3, 0.4) is 0 Å². The first-order valence-corrected chi connectivity index (χ1v) is 9.08. The van der Waals surface area contributed by atoms with E-state index in [-0.39, 0.29) is 0 Å². The van der Waals surface area contributed by atoms with Gasteiger partial charge in [0.25, 0.3) is 0 Å². The summed E-state index contributed by atoms with van der Waals surface area (Å²) in [5.41, 5.74) is 1.03. The Morgan fingerprint density at radius 2 is 2.10 bits per heavy atom. The molecule has 1 N–H and O–H groups in total. The van der Waals surface area contributed by atoms with Crippen LogP contribution >= 0.6 is 0 Å². The van der Waals surface area contributed by atoms with Gasteiger partial charge in [-0.25, -0.2) is 8.42 Å². The first-order valence-electron chi connectivity index (χ1n) is 7.64. The predicted octanol–water partition coefficient (Wildman–Crippen LogP) is 1.96. The Morgan fingerprint density at radius 3 is 2.71 bits per heavy atom. The van der Waals surface area contributed by atoms with Gasteiger partial charge < -0.3 is 9.88 Å². The smallest absolute Gasteiger partial charge is 0.244 e. The van der Waals surface area contributed by atoms with Gasteiger partial charge in [0.2, 0.25) is 10.0 Å². The Kier molecular flexibility index (Phi) is 5.61. The molecule has 0 amide bonds. The van der Waals surface area contributed by atoms with Crippen molar-refractivity contribution in [1.29, 1.82) is 0 Å². The van der Waals surface area contributed by atoms with Gasteiger partial charge in [0.1, 0.15) is 4.90 Å². The number of nitrogens with zero attached hydrogens (tertiary/aromatic N) is 2. The molecule has 0 aromatic carbocycles. The molecule has 0 saturated heterocycles. The minimum absolute atomic E-state index is 0.410. The van der Waals surface area contributed by atoms with Crippen LogP contribution in [0.1, 0.15) is 32.4 Å². The van der Waals surface area contributed by atoms with Gasteiger partial charge in [0.15, 0.2) is 0 Å². The third-order valence-electron chi connectivity index (χ3n) is 3.69. The molecule has 0 bridgehead atoms. The van der Waals surface area contributed by atoms with E-state index in [0.29, 0.717) is 24.5 Å². The molecule has 1 aromatic rings. The molecule has 0 radical (unpaired) electrons. The summed E-state index contributed by atoms with van der Waals surface area (Å²) in [5.74, 6) is 0. The maximum atomic E-state index is 12.7. The van der Waals surface area contributed by atoms with Crippen LogP contribution in [0.4, 0.5) is 0 Å². The van der Waals surface area contributed by atoms with Crippen LogP contribution in [0.25, 0.3) is 0 Å². The molecule has 6 heteroatoms. The standard InChI is InChI=1S/C15H25N3O2S/c1-3-8-16-12-14-11-15(13-17(14)4-2)21(19,20)18-9-6-5-7-10-18/h5-6,11,13,16H,3-4,7-10,12H2,1-2H3. The Bertz CT molecular complexity index is 590. The molecule has 2 rings (SSSR count). The summed E-state index contributed by atoms with van der Waals surface area (Å²) in [6.07, 6.45) is 7.57. The normalized spacial score (nSPS) is 16.5. The number of sulfonamides is 1. The van der Waals surface area contributed by atoms with E-state index in [0.717, 1.165) is 31.6 Å². The largest absolute Gasteiger partial charge is 0.349 e. The van der Waals surface area contributed by atoms with Crippen molar-refractivity contribution in [2.75, 3.05) is 19.6 Å². The molecule has 1 aliphatic rings. The number of aryl methyl sites for hydroxylation is 1. The van der Waals surface area contributed by atoms with Gasteiger partial charge >= 0.3 is 0 Å². The number of hydrogen-bond acceptors (Lipinski definition) is 3. The maximum absolute atomic E-state index is 12.7. The van der Waals surface area contributed by atoms with Gasteiger partial charge in [-0.15, -0.1) is 0 Å². The fraction of sp³-hybridized carbons (Fsp3) is 0.600. The van der Waals surface area contributed by atoms with E-state index in [2.05, 4.69) is 12.2 Å². The van der Waals surface area contributed by atoms with E-state index in [1.807, 2.05) is 23.6 Å². The number of rotatable bonds is 7. The zero-order valence-corrected chi connectivity index (χ0v) is 13.7. The van der Waals surface area contributed by atoms with Crippen molar-refractivity contribution in [3.05, 3.63) is 30.1 Å². The van der Waals surface area contributed by atoms with Crippen LogP contribution in [0.5, 0.6) is 0 Å². The van der Waals surface area contributed by atoms with Crippen LogP contribution in [0.15, 0.2) is 29.3 Å². The summed E-state index contributed by atoms with van der Waals surface area (Å²) in [4.78, 5) is 0.410. The number of aromatic nitrogens is 1. The maximum Gasteiger partial charge on any atom is 0.244 e. The molecule has 1 aliphatic heterocycles. The highest BCUT2D eigenvalue weighted by molar-refractivity contribution is 7.89. The fourth-order valence-corrected chi connectivity index (χ4v) is 3.96. The van der Waals surface area contributed by atoms with E-state index in [1.54, 1.807) is 16.6 Å². The molecule has 118 valence electrons. The molecule has 1 aromatic heterocycles. The van der Waals surface area contributed by atoms with Crippen LogP contribution in [-0.4, -0.2) is 36.9 Å². The van der Waals surface area contributed by atoms with Crippen molar-refractivity contribution in [3.8, 4) is 0 Å². The van der Waals surface area contributed by atoms with Crippen molar-refractivity contribution in [2.45, 2.75) is 44.7 Å². The lowest BCUT2D eigenvalue weighted by atomic mass is 10.3. The summed E-state index contributed by atoms with van der Waals surface area (Å²) in [7, 11) is -3.37. The van der Waals surface area contributed by atoms with Crippen molar-refractivity contribution >= 4 is 10.0 Å². The summed E-state index contributed by atoms with van der Waals surface area (Å²) in [6.45, 7) is 7.61. The van der Waals surface area contributed by atoms with E-state index in [1.165, 1.54) is 0 Å². The molecule has 2 heterocycles. The van der Waals surface area contributed by atoms with Crippen LogP contribution in [-0.2, 0) is 23.1 Å². The number of nitrogens with one attached hydrogen (secondary N) is 1. The second-order valence-corrected chi connectivity index (χ2v) is 7.19. The van der Waals surface area contributed by atoms with Crippen LogP contribution in [0.2, 0.25) is 0 Å². The highest BCUT2D eigenvalue weighted by Gasteiger charge is 2.26. The van der Waals surface area contributed by atoms with Gasteiger partial charge in [0.05, 0.1) is 0 Å². The summed E-state index contributed by atoms with van der Waals surface area (Å²) < 4.78 is 28.9. The Labute approximate surface area is 127 Å². The summed E-state index contributed by atoms with van der Waals surface area (Å²) in [6, 6.07) is 1.81. The molecule has 0 saturated carbocycles. The second-order valence-electron chi connectivity index (χ2n) is 5.25. The average Bonchev–Trinajstić information content (AvgIpc) is 2.92. The van der Waals surface area contributed by atoms with Gasteiger partial charge in [-0.05, 0) is 32.4 Å². The molecule has 0 unspecified atom stereocenters. The summed E-state index contributed by atoms with van der Waals surface area (Å²) in [5, 5.41) is 3.33. The lowest BCUT2D eigenvalue weighted by Crippen LogP contribution is -2.33. The second kappa shape index (κ2) is 7.24. The lowest BCUT2D eigenvalue weighted by molar-refractivity contribution is 0.437. The average molecular weight is 311 g/mol. The Morgan fingerprint density at radius 1 is 1.29 bits per heavy atom. The quantitative estimate of drug-likeness (QED) is 0.618. The zero-order valence-electron chi connectivity index (χ0n) is 12.9. The molecule has 0 aliphatic carbocycles. The SMILES string of the molecule is CCCNCc1cc(S(=O)(=O)N2CC=CCC2)cn1CC. The number of hydrogen-bond donors (Lipinski definition) is 1. The van der Waals surface area contributed by atoms with E-state index >= 15 is 0 Å². The monoisotopic (exact) mass is 311 g/mol. The van der Waals surface area contributed by atoms with E-state index in [9.17, 15) is 8.42 Å². The molecular weight excluding hydrogens is 286 g/mol. The highest BCUT2D eigenvalue weighted by atomic mass is 32.2. The van der Waals surface area contributed by atoms with Gasteiger partial charge in [0, 0.05) is 38.1 Å². The molecular formula is C15H25N3O2S. The first-order chi connectivity index (χ1) is 10.1. The van der Waals surface area contributed by atoms with Crippen molar-refractivity contribution < 1.29 is 8.42 Å². The van der Waals surface area contributed by atoms with Gasteiger partial charge in [-0.2, -0.15) is 4.31 Å². The summed E-state index contributed by atoms with van der Waals surface area (Å²) >= 11 is 0. The Balaban J connectivity index is 2.20. The molecule has 0 atom stereocenters. The first kappa shape index (κ1) is 16.3. The predicted molar refractivity (Wildman–Crippen MR) is 84.6 cm³/mol. The minimum atomic E-state index is -3.37. The van der Waals surface area contributed by atoms with Gasteiger partial charge in [-0.1, -0.05) is 19.1 Å². The molecule has 0 spiro atoms. The van der Waals surface area contributed by atoms with Crippen molar-refractivity contribution in [2.24, 2.45) is 0 Å². The van der Waals surface area contributed by atoms with Crippen molar-refractivity contribution in [3.63, 3.8) is 0 Å². The third kappa shape index (κ3) is 3.75. The lowest BCUT2D eigenvalue weighted by Gasteiger charge is -2.21. The Hall–Kier alpha value is -1.11. The zero-order chi connectivity index (χ0) is 15.3.